The zero-order chi connectivity index (χ0) is 11.4. The summed E-state index contributed by atoms with van der Waals surface area (Å²) < 4.78 is 5.63. The van der Waals surface area contributed by atoms with Crippen LogP contribution >= 0.6 is 0 Å². The molecule has 0 aliphatic carbocycles. The Morgan fingerprint density at radius 2 is 1.86 bits per heavy atom. The standard InChI is InChI=1S/C12H22O2/c1-7-10(2)12(5,6)14-9-8-11(3,4)13/h7,13H,1-2,8-9H2,3-6H3. The number of hydrogen-bond acceptors (Lipinski definition) is 2. The molecule has 0 radical (unpaired) electrons. The first kappa shape index (κ1) is 13.4. The smallest absolute Gasteiger partial charge is 0.0869 e. The molecule has 0 aromatic carbocycles. The van der Waals surface area contributed by atoms with Crippen LogP contribution in [-0.4, -0.2) is 22.9 Å². The number of hydrogen-bond donors (Lipinski definition) is 1. The SMILES string of the molecule is C=CC(=C)C(C)(C)OCCC(C)(C)O. The summed E-state index contributed by atoms with van der Waals surface area (Å²) in [6.45, 7) is 15.5. The summed E-state index contributed by atoms with van der Waals surface area (Å²) in [5.74, 6) is 0. The Hall–Kier alpha value is -0.600. The molecule has 0 aromatic rings. The van der Waals surface area contributed by atoms with Gasteiger partial charge >= 0.3 is 0 Å². The van der Waals surface area contributed by atoms with Crippen molar-refractivity contribution in [2.45, 2.75) is 45.3 Å². The molecule has 0 spiro atoms. The number of rotatable bonds is 6. The summed E-state index contributed by atoms with van der Waals surface area (Å²) >= 11 is 0. The van der Waals surface area contributed by atoms with E-state index in [1.165, 1.54) is 0 Å². The third-order valence-corrected chi connectivity index (χ3v) is 2.20. The fraction of sp³-hybridized carbons (Fsp3) is 0.667. The predicted octanol–water partition coefficient (Wildman–Crippen LogP) is 2.68. The second-order valence-electron chi connectivity index (χ2n) is 4.65. The Balaban J connectivity index is 4.00. The van der Waals surface area contributed by atoms with E-state index in [0.717, 1.165) is 5.57 Å². The Morgan fingerprint density at radius 1 is 1.36 bits per heavy atom. The molecule has 0 rings (SSSR count). The topological polar surface area (TPSA) is 29.5 Å². The van der Waals surface area contributed by atoms with Gasteiger partial charge in [-0.05, 0) is 39.7 Å². The minimum absolute atomic E-state index is 0.396. The van der Waals surface area contributed by atoms with Gasteiger partial charge in [0.05, 0.1) is 17.8 Å². The van der Waals surface area contributed by atoms with Crippen molar-refractivity contribution >= 4 is 0 Å². The zero-order valence-electron chi connectivity index (χ0n) is 9.76. The third kappa shape index (κ3) is 5.20. The lowest BCUT2D eigenvalue weighted by atomic mass is 9.99. The highest BCUT2D eigenvalue weighted by Crippen LogP contribution is 2.21. The maximum atomic E-state index is 9.49. The number of ether oxygens (including phenoxy) is 1. The molecule has 0 amide bonds. The molecule has 14 heavy (non-hydrogen) atoms. The van der Waals surface area contributed by atoms with Crippen LogP contribution in [0.15, 0.2) is 24.8 Å². The van der Waals surface area contributed by atoms with Crippen molar-refractivity contribution in [2.24, 2.45) is 0 Å². The second kappa shape index (κ2) is 4.76. The first-order chi connectivity index (χ1) is 6.19. The average Bonchev–Trinajstić information content (AvgIpc) is 2.00. The Bertz CT molecular complexity index is 209. The molecule has 0 aromatic heterocycles. The third-order valence-electron chi connectivity index (χ3n) is 2.20. The van der Waals surface area contributed by atoms with Gasteiger partial charge in [-0.2, -0.15) is 0 Å². The fourth-order valence-electron chi connectivity index (χ4n) is 0.894. The monoisotopic (exact) mass is 198 g/mol. The average molecular weight is 198 g/mol. The summed E-state index contributed by atoms with van der Waals surface area (Å²) in [5.41, 5.74) is -0.216. The highest BCUT2D eigenvalue weighted by atomic mass is 16.5. The van der Waals surface area contributed by atoms with Gasteiger partial charge in [-0.3, -0.25) is 0 Å². The van der Waals surface area contributed by atoms with Crippen LogP contribution in [0.25, 0.3) is 0 Å². The van der Waals surface area contributed by atoms with Gasteiger partial charge in [-0.15, -0.1) is 0 Å². The lowest BCUT2D eigenvalue weighted by Gasteiger charge is -2.27. The minimum Gasteiger partial charge on any atom is -0.390 e. The van der Waals surface area contributed by atoms with E-state index >= 15 is 0 Å². The molecule has 1 N–H and O–H groups in total. The van der Waals surface area contributed by atoms with E-state index in [1.54, 1.807) is 19.9 Å². The van der Waals surface area contributed by atoms with Crippen molar-refractivity contribution in [3.05, 3.63) is 24.8 Å². The van der Waals surface area contributed by atoms with E-state index in [1.807, 2.05) is 13.8 Å². The van der Waals surface area contributed by atoms with Gasteiger partial charge in [0.1, 0.15) is 0 Å². The highest BCUT2D eigenvalue weighted by Gasteiger charge is 2.21. The van der Waals surface area contributed by atoms with Crippen LogP contribution in [0, 0.1) is 0 Å². The molecule has 0 bridgehead atoms. The quantitative estimate of drug-likeness (QED) is 0.665. The van der Waals surface area contributed by atoms with Gasteiger partial charge in [-0.1, -0.05) is 19.2 Å². The molecule has 0 saturated carbocycles. The van der Waals surface area contributed by atoms with Crippen molar-refractivity contribution in [3.8, 4) is 0 Å². The molecule has 0 aliphatic heterocycles. The highest BCUT2D eigenvalue weighted by molar-refractivity contribution is 5.21. The summed E-state index contributed by atoms with van der Waals surface area (Å²) in [4.78, 5) is 0. The van der Waals surface area contributed by atoms with E-state index in [-0.39, 0.29) is 0 Å². The maximum absolute atomic E-state index is 9.49. The van der Waals surface area contributed by atoms with Crippen LogP contribution < -0.4 is 0 Å². The van der Waals surface area contributed by atoms with Crippen molar-refractivity contribution < 1.29 is 9.84 Å². The van der Waals surface area contributed by atoms with Crippen molar-refractivity contribution in [2.75, 3.05) is 6.61 Å². The molecular formula is C12H22O2. The Morgan fingerprint density at radius 3 is 2.21 bits per heavy atom. The van der Waals surface area contributed by atoms with Gasteiger partial charge < -0.3 is 9.84 Å². The lowest BCUT2D eigenvalue weighted by Crippen LogP contribution is -2.29. The van der Waals surface area contributed by atoms with Crippen LogP contribution in [0.3, 0.4) is 0 Å². The molecule has 0 fully saturated rings. The number of aliphatic hydroxyl groups is 1. The van der Waals surface area contributed by atoms with Crippen molar-refractivity contribution in [1.82, 2.24) is 0 Å². The first-order valence-electron chi connectivity index (χ1n) is 4.87. The predicted molar refractivity (Wildman–Crippen MR) is 60.3 cm³/mol. The zero-order valence-corrected chi connectivity index (χ0v) is 9.76. The van der Waals surface area contributed by atoms with Gasteiger partial charge in [0, 0.05) is 0 Å². The molecule has 2 nitrogen and oxygen atoms in total. The van der Waals surface area contributed by atoms with Crippen LogP contribution in [0.5, 0.6) is 0 Å². The van der Waals surface area contributed by atoms with Crippen LogP contribution in [0.1, 0.15) is 34.1 Å². The molecule has 0 atom stereocenters. The Kier molecular flexibility index (Phi) is 4.56. The fourth-order valence-corrected chi connectivity index (χ4v) is 0.894. The summed E-state index contributed by atoms with van der Waals surface area (Å²) in [7, 11) is 0. The van der Waals surface area contributed by atoms with Crippen LogP contribution in [0.4, 0.5) is 0 Å². The van der Waals surface area contributed by atoms with Crippen molar-refractivity contribution in [1.29, 1.82) is 0 Å². The van der Waals surface area contributed by atoms with Crippen molar-refractivity contribution in [3.63, 3.8) is 0 Å². The van der Waals surface area contributed by atoms with Gasteiger partial charge in [0.15, 0.2) is 0 Å². The van der Waals surface area contributed by atoms with Gasteiger partial charge in [0.2, 0.25) is 0 Å². The first-order valence-corrected chi connectivity index (χ1v) is 4.87. The molecule has 0 heterocycles. The second-order valence-corrected chi connectivity index (χ2v) is 4.65. The summed E-state index contributed by atoms with van der Waals surface area (Å²) in [6, 6.07) is 0. The van der Waals surface area contributed by atoms with Crippen LogP contribution in [-0.2, 0) is 4.74 Å². The minimum atomic E-state index is -0.675. The normalized spacial score (nSPS) is 12.6. The Labute approximate surface area is 87.3 Å². The van der Waals surface area contributed by atoms with E-state index in [4.69, 9.17) is 4.74 Å². The van der Waals surface area contributed by atoms with E-state index in [9.17, 15) is 5.11 Å². The molecular weight excluding hydrogens is 176 g/mol. The largest absolute Gasteiger partial charge is 0.390 e. The summed E-state index contributed by atoms with van der Waals surface area (Å²) in [6.07, 6.45) is 2.31. The van der Waals surface area contributed by atoms with E-state index in [2.05, 4.69) is 13.2 Å². The van der Waals surface area contributed by atoms with Gasteiger partial charge in [0.25, 0.3) is 0 Å². The lowest BCUT2D eigenvalue weighted by molar-refractivity contribution is -0.0247. The molecule has 0 saturated heterocycles. The molecule has 82 valence electrons. The summed E-state index contributed by atoms with van der Waals surface area (Å²) in [5, 5.41) is 9.49. The molecule has 0 unspecified atom stereocenters. The molecule has 2 heteroatoms. The van der Waals surface area contributed by atoms with E-state index in [0.29, 0.717) is 13.0 Å². The van der Waals surface area contributed by atoms with E-state index < -0.39 is 11.2 Å². The van der Waals surface area contributed by atoms with Gasteiger partial charge in [-0.25, -0.2) is 0 Å². The molecule has 0 aliphatic rings. The maximum Gasteiger partial charge on any atom is 0.0869 e. The van der Waals surface area contributed by atoms with Crippen LogP contribution in [0.2, 0.25) is 0 Å².